The SMILES string of the molecule is CCC(C)N(CC)Cc1ccc(F)cc1C#CCCO. The smallest absolute Gasteiger partial charge is 0.124 e. The van der Waals surface area contributed by atoms with Crippen molar-refractivity contribution in [3.8, 4) is 11.8 Å². The Labute approximate surface area is 121 Å². The molecule has 0 heterocycles. The van der Waals surface area contributed by atoms with Crippen LogP contribution in [0.3, 0.4) is 0 Å². The maximum atomic E-state index is 13.4. The zero-order chi connectivity index (χ0) is 15.0. The van der Waals surface area contributed by atoms with Crippen molar-refractivity contribution in [2.75, 3.05) is 13.2 Å². The summed E-state index contributed by atoms with van der Waals surface area (Å²) in [4.78, 5) is 2.35. The fourth-order valence-corrected chi connectivity index (χ4v) is 2.07. The van der Waals surface area contributed by atoms with Gasteiger partial charge in [-0.05, 0) is 37.6 Å². The van der Waals surface area contributed by atoms with E-state index in [0.29, 0.717) is 12.5 Å². The Hall–Kier alpha value is -1.37. The minimum Gasteiger partial charge on any atom is -0.395 e. The van der Waals surface area contributed by atoms with Gasteiger partial charge in [0.15, 0.2) is 0 Å². The lowest BCUT2D eigenvalue weighted by Gasteiger charge is -2.27. The monoisotopic (exact) mass is 277 g/mol. The largest absolute Gasteiger partial charge is 0.395 e. The highest BCUT2D eigenvalue weighted by Crippen LogP contribution is 2.15. The highest BCUT2D eigenvalue weighted by atomic mass is 19.1. The van der Waals surface area contributed by atoms with Crippen LogP contribution in [0.15, 0.2) is 18.2 Å². The van der Waals surface area contributed by atoms with Gasteiger partial charge in [0.25, 0.3) is 0 Å². The van der Waals surface area contributed by atoms with Crippen molar-refractivity contribution in [3.05, 3.63) is 35.1 Å². The molecule has 1 atom stereocenters. The topological polar surface area (TPSA) is 23.5 Å². The third-order valence-corrected chi connectivity index (χ3v) is 3.53. The van der Waals surface area contributed by atoms with Crippen molar-refractivity contribution in [2.24, 2.45) is 0 Å². The predicted octanol–water partition coefficient (Wildman–Crippen LogP) is 3.18. The molecule has 1 aromatic carbocycles. The van der Waals surface area contributed by atoms with Crippen LogP contribution in [0.1, 0.15) is 44.7 Å². The number of hydrogen-bond donors (Lipinski definition) is 1. The molecule has 0 saturated heterocycles. The number of rotatable bonds is 6. The molecular formula is C17H24FNO. The van der Waals surface area contributed by atoms with Gasteiger partial charge < -0.3 is 5.11 Å². The van der Waals surface area contributed by atoms with Gasteiger partial charge in [-0.3, -0.25) is 4.90 Å². The van der Waals surface area contributed by atoms with Gasteiger partial charge in [0, 0.05) is 24.6 Å². The van der Waals surface area contributed by atoms with E-state index in [9.17, 15) is 4.39 Å². The summed E-state index contributed by atoms with van der Waals surface area (Å²) in [5.74, 6) is 5.56. The summed E-state index contributed by atoms with van der Waals surface area (Å²) in [6.45, 7) is 8.26. The second kappa shape index (κ2) is 8.73. The first-order valence-corrected chi connectivity index (χ1v) is 7.24. The van der Waals surface area contributed by atoms with E-state index in [4.69, 9.17) is 5.11 Å². The fraction of sp³-hybridized carbons (Fsp3) is 0.529. The van der Waals surface area contributed by atoms with Crippen molar-refractivity contribution >= 4 is 0 Å². The van der Waals surface area contributed by atoms with Crippen LogP contribution in [0.5, 0.6) is 0 Å². The van der Waals surface area contributed by atoms with Gasteiger partial charge >= 0.3 is 0 Å². The molecule has 0 aliphatic heterocycles. The minimum atomic E-state index is -0.270. The van der Waals surface area contributed by atoms with Gasteiger partial charge in [0.2, 0.25) is 0 Å². The number of nitrogens with zero attached hydrogens (tertiary/aromatic N) is 1. The molecule has 3 heteroatoms. The van der Waals surface area contributed by atoms with Gasteiger partial charge in [-0.15, -0.1) is 0 Å². The van der Waals surface area contributed by atoms with Crippen LogP contribution >= 0.6 is 0 Å². The Kier molecular flexibility index (Phi) is 7.28. The summed E-state index contributed by atoms with van der Waals surface area (Å²) in [6.07, 6.45) is 1.50. The molecule has 0 aliphatic carbocycles. The Bertz CT molecular complexity index is 476. The van der Waals surface area contributed by atoms with Gasteiger partial charge in [0.05, 0.1) is 6.61 Å². The van der Waals surface area contributed by atoms with Crippen LogP contribution in [0, 0.1) is 17.7 Å². The molecule has 1 rings (SSSR count). The molecule has 0 saturated carbocycles. The normalized spacial score (nSPS) is 12.1. The van der Waals surface area contributed by atoms with E-state index < -0.39 is 0 Å². The van der Waals surface area contributed by atoms with Crippen molar-refractivity contribution < 1.29 is 9.50 Å². The lowest BCUT2D eigenvalue weighted by Crippen LogP contribution is -2.32. The third kappa shape index (κ3) is 4.96. The van der Waals surface area contributed by atoms with Gasteiger partial charge in [0.1, 0.15) is 5.82 Å². The van der Waals surface area contributed by atoms with E-state index in [1.807, 2.05) is 6.07 Å². The highest BCUT2D eigenvalue weighted by Gasteiger charge is 2.12. The number of aliphatic hydroxyl groups is 1. The second-order valence-electron chi connectivity index (χ2n) is 4.90. The Morgan fingerprint density at radius 1 is 1.35 bits per heavy atom. The first kappa shape index (κ1) is 16.7. The third-order valence-electron chi connectivity index (χ3n) is 3.53. The quantitative estimate of drug-likeness (QED) is 0.807. The molecule has 1 aromatic rings. The van der Waals surface area contributed by atoms with Crippen molar-refractivity contribution in [2.45, 2.75) is 46.2 Å². The lowest BCUT2D eigenvalue weighted by molar-refractivity contribution is 0.206. The fourth-order valence-electron chi connectivity index (χ4n) is 2.07. The maximum Gasteiger partial charge on any atom is 0.124 e. The number of hydrogen-bond acceptors (Lipinski definition) is 2. The van der Waals surface area contributed by atoms with Crippen LogP contribution < -0.4 is 0 Å². The van der Waals surface area contributed by atoms with Crippen molar-refractivity contribution in [1.29, 1.82) is 0 Å². The van der Waals surface area contributed by atoms with Crippen molar-refractivity contribution in [1.82, 2.24) is 4.90 Å². The molecule has 0 aromatic heterocycles. The Morgan fingerprint density at radius 2 is 2.10 bits per heavy atom. The van der Waals surface area contributed by atoms with Gasteiger partial charge in [-0.2, -0.15) is 0 Å². The molecule has 2 nitrogen and oxygen atoms in total. The molecule has 20 heavy (non-hydrogen) atoms. The zero-order valence-corrected chi connectivity index (χ0v) is 12.6. The predicted molar refractivity (Wildman–Crippen MR) is 80.8 cm³/mol. The number of halogens is 1. The highest BCUT2D eigenvalue weighted by molar-refractivity contribution is 5.41. The molecule has 0 aliphatic rings. The molecular weight excluding hydrogens is 253 g/mol. The van der Waals surface area contributed by atoms with E-state index in [2.05, 4.69) is 37.5 Å². The van der Waals surface area contributed by atoms with E-state index in [0.717, 1.165) is 30.6 Å². The number of benzene rings is 1. The van der Waals surface area contributed by atoms with Crippen LogP contribution in [0.2, 0.25) is 0 Å². The van der Waals surface area contributed by atoms with Crippen LogP contribution in [-0.2, 0) is 6.54 Å². The minimum absolute atomic E-state index is 0.0333. The van der Waals surface area contributed by atoms with Crippen molar-refractivity contribution in [3.63, 3.8) is 0 Å². The van der Waals surface area contributed by atoms with Crippen LogP contribution in [0.4, 0.5) is 4.39 Å². The van der Waals surface area contributed by atoms with E-state index >= 15 is 0 Å². The summed E-state index contributed by atoms with van der Waals surface area (Å²) in [7, 11) is 0. The molecule has 110 valence electrons. The lowest BCUT2D eigenvalue weighted by atomic mass is 10.1. The Morgan fingerprint density at radius 3 is 2.70 bits per heavy atom. The average molecular weight is 277 g/mol. The van der Waals surface area contributed by atoms with Gasteiger partial charge in [-0.25, -0.2) is 4.39 Å². The maximum absolute atomic E-state index is 13.4. The van der Waals surface area contributed by atoms with E-state index in [1.165, 1.54) is 12.1 Å². The van der Waals surface area contributed by atoms with Gasteiger partial charge in [-0.1, -0.05) is 31.8 Å². The summed E-state index contributed by atoms with van der Waals surface area (Å²) in [5.41, 5.74) is 1.76. The summed E-state index contributed by atoms with van der Waals surface area (Å²) in [6, 6.07) is 5.26. The molecule has 0 spiro atoms. The molecule has 0 radical (unpaired) electrons. The first-order chi connectivity index (χ1) is 9.62. The molecule has 0 bridgehead atoms. The molecule has 0 amide bonds. The standard InChI is InChI=1S/C17H24FNO/c1-4-14(3)19(5-2)13-16-9-10-17(18)12-15(16)8-6-7-11-20/h9-10,12,14,20H,4-5,7,11,13H2,1-3H3. The summed E-state index contributed by atoms with van der Waals surface area (Å²) >= 11 is 0. The van der Waals surface area contributed by atoms with E-state index in [-0.39, 0.29) is 12.4 Å². The van der Waals surface area contributed by atoms with Crippen LogP contribution in [-0.4, -0.2) is 29.2 Å². The molecule has 0 fully saturated rings. The first-order valence-electron chi connectivity index (χ1n) is 7.24. The second-order valence-corrected chi connectivity index (χ2v) is 4.90. The van der Waals surface area contributed by atoms with Crippen LogP contribution in [0.25, 0.3) is 0 Å². The summed E-state index contributed by atoms with van der Waals surface area (Å²) in [5, 5.41) is 8.77. The molecule has 1 N–H and O–H groups in total. The summed E-state index contributed by atoms with van der Waals surface area (Å²) < 4.78 is 13.4. The number of aliphatic hydroxyl groups excluding tert-OH is 1. The van der Waals surface area contributed by atoms with E-state index in [1.54, 1.807) is 0 Å². The average Bonchev–Trinajstić information content (AvgIpc) is 2.46. The Balaban J connectivity index is 2.96. The zero-order valence-electron chi connectivity index (χ0n) is 12.6. The molecule has 1 unspecified atom stereocenters.